The fraction of sp³-hybridized carbons (Fsp3) is 0.571. The molecule has 0 bridgehead atoms. The van der Waals surface area contributed by atoms with E-state index in [1.54, 1.807) is 12.1 Å². The first kappa shape index (κ1) is 14.1. The maximum absolute atomic E-state index is 11.1. The van der Waals surface area contributed by atoms with Gasteiger partial charge in [0, 0.05) is 12.1 Å². The molecule has 5 heteroatoms. The molecule has 0 heterocycles. The molecule has 104 valence electrons. The zero-order valence-electron chi connectivity index (χ0n) is 11.2. The van der Waals surface area contributed by atoms with Crippen molar-refractivity contribution in [3.8, 4) is 0 Å². The second kappa shape index (κ2) is 5.78. The minimum absolute atomic E-state index is 0.0536. The molecule has 1 aliphatic carbocycles. The van der Waals surface area contributed by atoms with E-state index in [2.05, 4.69) is 19.2 Å². The van der Waals surface area contributed by atoms with Crippen molar-refractivity contribution in [3.63, 3.8) is 0 Å². The zero-order chi connectivity index (χ0) is 14.0. The Morgan fingerprint density at radius 1 is 1.37 bits per heavy atom. The number of halogens is 1. The van der Waals surface area contributed by atoms with Gasteiger partial charge in [-0.3, -0.25) is 10.1 Å². The van der Waals surface area contributed by atoms with Gasteiger partial charge in [0.1, 0.15) is 5.69 Å². The molecule has 0 radical (unpaired) electrons. The molecule has 1 aliphatic rings. The van der Waals surface area contributed by atoms with E-state index >= 15 is 0 Å². The summed E-state index contributed by atoms with van der Waals surface area (Å²) in [6.45, 7) is 4.43. The zero-order valence-corrected chi connectivity index (χ0v) is 12.0. The number of hydrogen-bond donors (Lipinski definition) is 1. The lowest BCUT2D eigenvalue weighted by Crippen LogP contribution is -2.35. The van der Waals surface area contributed by atoms with Gasteiger partial charge in [0.2, 0.25) is 0 Å². The number of anilines is 1. The lowest BCUT2D eigenvalue weighted by molar-refractivity contribution is -0.384. The van der Waals surface area contributed by atoms with E-state index in [1.165, 1.54) is 12.5 Å². The van der Waals surface area contributed by atoms with Gasteiger partial charge in [-0.1, -0.05) is 44.4 Å². The third-order valence-electron chi connectivity index (χ3n) is 4.22. The van der Waals surface area contributed by atoms with Crippen molar-refractivity contribution in [3.05, 3.63) is 33.3 Å². The van der Waals surface area contributed by atoms with Gasteiger partial charge in [-0.15, -0.1) is 0 Å². The Labute approximate surface area is 118 Å². The van der Waals surface area contributed by atoms with Crippen LogP contribution in [0.25, 0.3) is 0 Å². The van der Waals surface area contributed by atoms with Gasteiger partial charge in [0.15, 0.2) is 0 Å². The molecule has 4 nitrogen and oxygen atoms in total. The average Bonchev–Trinajstić information content (AvgIpc) is 2.36. The molecule has 3 atom stereocenters. The molecule has 1 aromatic rings. The molecule has 0 aromatic heterocycles. The normalized spacial score (nSPS) is 27.0. The highest BCUT2D eigenvalue weighted by Gasteiger charge is 2.29. The number of benzene rings is 1. The van der Waals surface area contributed by atoms with Crippen molar-refractivity contribution in [2.75, 3.05) is 5.32 Å². The van der Waals surface area contributed by atoms with Gasteiger partial charge in [-0.2, -0.15) is 0 Å². The molecule has 3 unspecified atom stereocenters. The van der Waals surface area contributed by atoms with Crippen molar-refractivity contribution in [1.29, 1.82) is 0 Å². The number of nitro benzene ring substituents is 1. The van der Waals surface area contributed by atoms with Crippen LogP contribution in [0.1, 0.15) is 33.1 Å². The number of para-hydroxylation sites is 1. The van der Waals surface area contributed by atoms with Gasteiger partial charge in [-0.25, -0.2) is 0 Å². The summed E-state index contributed by atoms with van der Waals surface area (Å²) in [5.74, 6) is 1.12. The summed E-state index contributed by atoms with van der Waals surface area (Å²) < 4.78 is 0. The van der Waals surface area contributed by atoms with E-state index in [4.69, 9.17) is 11.6 Å². The number of hydrogen-bond acceptors (Lipinski definition) is 3. The molecule has 19 heavy (non-hydrogen) atoms. The SMILES string of the molecule is CC1CCCC(Nc2c(Cl)cccc2[N+](=O)[O-])C1C. The van der Waals surface area contributed by atoms with E-state index in [1.807, 2.05) is 0 Å². The van der Waals surface area contributed by atoms with Gasteiger partial charge in [-0.05, 0) is 24.3 Å². The molecule has 1 fully saturated rings. The minimum Gasteiger partial charge on any atom is -0.375 e. The fourth-order valence-electron chi connectivity index (χ4n) is 2.78. The van der Waals surface area contributed by atoms with Crippen LogP contribution in [0.2, 0.25) is 5.02 Å². The van der Waals surface area contributed by atoms with E-state index in [0.717, 1.165) is 12.8 Å². The summed E-state index contributed by atoms with van der Waals surface area (Å²) in [7, 11) is 0. The summed E-state index contributed by atoms with van der Waals surface area (Å²) in [6, 6.07) is 5.04. The van der Waals surface area contributed by atoms with Crippen molar-refractivity contribution in [1.82, 2.24) is 0 Å². The van der Waals surface area contributed by atoms with Crippen LogP contribution in [0.5, 0.6) is 0 Å². The Morgan fingerprint density at radius 2 is 2.11 bits per heavy atom. The quantitative estimate of drug-likeness (QED) is 0.657. The highest BCUT2D eigenvalue weighted by molar-refractivity contribution is 6.33. The largest absolute Gasteiger partial charge is 0.375 e. The Morgan fingerprint density at radius 3 is 2.79 bits per heavy atom. The number of nitrogens with one attached hydrogen (secondary N) is 1. The third kappa shape index (κ3) is 3.00. The van der Waals surface area contributed by atoms with Crippen molar-refractivity contribution in [2.24, 2.45) is 11.8 Å². The van der Waals surface area contributed by atoms with Crippen LogP contribution in [0.3, 0.4) is 0 Å². The first-order valence-electron chi connectivity index (χ1n) is 6.70. The molecule has 0 saturated heterocycles. The van der Waals surface area contributed by atoms with Crippen molar-refractivity contribution >= 4 is 23.0 Å². The molecule has 2 rings (SSSR count). The first-order valence-corrected chi connectivity index (χ1v) is 7.08. The molecule has 1 aromatic carbocycles. The van der Waals surface area contributed by atoms with Crippen LogP contribution in [0.4, 0.5) is 11.4 Å². The van der Waals surface area contributed by atoms with Crippen molar-refractivity contribution in [2.45, 2.75) is 39.2 Å². The average molecular weight is 283 g/mol. The third-order valence-corrected chi connectivity index (χ3v) is 4.54. The molecule has 0 aliphatic heterocycles. The summed E-state index contributed by atoms with van der Waals surface area (Å²) in [6.07, 6.45) is 3.42. The van der Waals surface area contributed by atoms with Gasteiger partial charge >= 0.3 is 0 Å². The maximum atomic E-state index is 11.1. The summed E-state index contributed by atoms with van der Waals surface area (Å²) in [4.78, 5) is 10.7. The summed E-state index contributed by atoms with van der Waals surface area (Å²) in [5.41, 5.74) is 0.512. The lowest BCUT2D eigenvalue weighted by atomic mass is 9.78. The predicted octanol–water partition coefficient (Wildman–Crippen LogP) is 4.48. The number of nitrogens with zero attached hydrogens (tertiary/aromatic N) is 1. The molecule has 1 saturated carbocycles. The van der Waals surface area contributed by atoms with Crippen LogP contribution >= 0.6 is 11.6 Å². The Bertz CT molecular complexity index is 479. The van der Waals surface area contributed by atoms with Crippen LogP contribution in [0.15, 0.2) is 18.2 Å². The Hall–Kier alpha value is -1.29. The lowest BCUT2D eigenvalue weighted by Gasteiger charge is -2.35. The molecular formula is C14H19ClN2O2. The highest BCUT2D eigenvalue weighted by atomic mass is 35.5. The van der Waals surface area contributed by atoms with E-state index in [-0.39, 0.29) is 16.7 Å². The van der Waals surface area contributed by atoms with Crippen LogP contribution < -0.4 is 5.32 Å². The van der Waals surface area contributed by atoms with Gasteiger partial charge in [0.05, 0.1) is 9.95 Å². The topological polar surface area (TPSA) is 55.2 Å². The van der Waals surface area contributed by atoms with Gasteiger partial charge in [0.25, 0.3) is 5.69 Å². The van der Waals surface area contributed by atoms with E-state index < -0.39 is 0 Å². The molecule has 1 N–H and O–H groups in total. The summed E-state index contributed by atoms with van der Waals surface area (Å²) in [5, 5.41) is 14.8. The van der Waals surface area contributed by atoms with Crippen LogP contribution in [0, 0.1) is 22.0 Å². The first-order chi connectivity index (χ1) is 9.00. The predicted molar refractivity (Wildman–Crippen MR) is 77.7 cm³/mol. The summed E-state index contributed by atoms with van der Waals surface area (Å²) >= 11 is 6.11. The molecular weight excluding hydrogens is 264 g/mol. The minimum atomic E-state index is -0.384. The second-order valence-electron chi connectivity index (χ2n) is 5.41. The fourth-order valence-corrected chi connectivity index (χ4v) is 3.00. The van der Waals surface area contributed by atoms with Gasteiger partial charge < -0.3 is 5.32 Å². The van der Waals surface area contributed by atoms with Crippen LogP contribution in [-0.4, -0.2) is 11.0 Å². The number of rotatable bonds is 3. The van der Waals surface area contributed by atoms with E-state index in [0.29, 0.717) is 22.5 Å². The Balaban J connectivity index is 2.25. The monoisotopic (exact) mass is 282 g/mol. The standard InChI is InChI=1S/C14H19ClN2O2/c1-9-5-3-7-12(10(9)2)16-14-11(15)6-4-8-13(14)17(18)19/h4,6,8-10,12,16H,3,5,7H2,1-2H3. The second-order valence-corrected chi connectivity index (χ2v) is 5.82. The molecule has 0 amide bonds. The Kier molecular flexibility index (Phi) is 4.30. The maximum Gasteiger partial charge on any atom is 0.293 e. The van der Waals surface area contributed by atoms with E-state index in [9.17, 15) is 10.1 Å². The molecule has 0 spiro atoms. The van der Waals surface area contributed by atoms with Crippen molar-refractivity contribution < 1.29 is 4.92 Å². The van der Waals surface area contributed by atoms with Crippen LogP contribution in [-0.2, 0) is 0 Å². The highest BCUT2D eigenvalue weighted by Crippen LogP contribution is 2.37. The smallest absolute Gasteiger partial charge is 0.293 e. The number of nitro groups is 1.